The van der Waals surface area contributed by atoms with Gasteiger partial charge in [-0.05, 0) is 32.9 Å². The highest BCUT2D eigenvalue weighted by molar-refractivity contribution is 7.60. The van der Waals surface area contributed by atoms with Gasteiger partial charge in [0, 0.05) is 6.08 Å². The van der Waals surface area contributed by atoms with Crippen LogP contribution in [0, 0.1) is 0 Å². The average Bonchev–Trinajstić information content (AvgIpc) is 2.93. The van der Waals surface area contributed by atoms with Crippen molar-refractivity contribution in [1.82, 2.24) is 0 Å². The topological polar surface area (TPSA) is 95.2 Å². The molecule has 0 atom stereocenters. The van der Waals surface area contributed by atoms with Crippen molar-refractivity contribution in [3.63, 3.8) is 0 Å². The quantitative estimate of drug-likeness (QED) is 0.422. The van der Waals surface area contributed by atoms with Gasteiger partial charge in [0.05, 0.1) is 19.8 Å². The maximum absolute atomic E-state index is 12.8. The molecule has 0 radical (unpaired) electrons. The van der Waals surface area contributed by atoms with Crippen LogP contribution in [-0.2, 0) is 29.8 Å². The van der Waals surface area contributed by atoms with E-state index >= 15 is 0 Å². The molecular weight excluding hydrogens is 311 g/mol. The van der Waals surface area contributed by atoms with Crippen LogP contribution in [-0.4, -0.2) is 30.9 Å². The van der Waals surface area contributed by atoms with Crippen molar-refractivity contribution in [2.24, 2.45) is 0 Å². The van der Waals surface area contributed by atoms with Crippen LogP contribution in [0.2, 0.25) is 0 Å². The maximum Gasteiger partial charge on any atom is 0.368 e. The van der Waals surface area contributed by atoms with Gasteiger partial charge >= 0.3 is 13.6 Å². The molecule has 0 aliphatic carbocycles. The molecule has 1 N–H and O–H groups in total. The van der Waals surface area contributed by atoms with E-state index in [1.54, 1.807) is 26.8 Å². The number of esters is 1. The standard InChI is InChI=1S/C14H21O7P/c1-4-18-14(16)13(22(17,19-5-2)20-6-3)9-11-7-8-12(10-15)21-11/h7-9,15H,4-6,10H2,1-3H3/b13-9-. The third kappa shape index (κ3) is 4.81. The van der Waals surface area contributed by atoms with E-state index < -0.39 is 13.6 Å². The minimum atomic E-state index is -3.82. The van der Waals surface area contributed by atoms with Gasteiger partial charge in [0.15, 0.2) is 5.31 Å². The monoisotopic (exact) mass is 332 g/mol. The summed E-state index contributed by atoms with van der Waals surface area (Å²) < 4.78 is 33.4. The zero-order chi connectivity index (χ0) is 16.6. The van der Waals surface area contributed by atoms with E-state index in [1.807, 2.05) is 0 Å². The Bertz CT molecular complexity index is 551. The molecule has 0 saturated carbocycles. The fourth-order valence-corrected chi connectivity index (χ4v) is 3.27. The van der Waals surface area contributed by atoms with Crippen molar-refractivity contribution in [3.05, 3.63) is 29.0 Å². The summed E-state index contributed by atoms with van der Waals surface area (Å²) in [5.74, 6) is -0.237. The van der Waals surface area contributed by atoms with Gasteiger partial charge in [-0.25, -0.2) is 4.79 Å². The third-order valence-electron chi connectivity index (χ3n) is 2.49. The van der Waals surface area contributed by atoms with E-state index in [0.717, 1.165) is 0 Å². The van der Waals surface area contributed by atoms with Crippen molar-refractivity contribution >= 4 is 19.6 Å². The number of hydrogen-bond donors (Lipinski definition) is 1. The maximum atomic E-state index is 12.8. The largest absolute Gasteiger partial charge is 0.462 e. The number of carbonyl (C=O) groups is 1. The molecule has 0 unspecified atom stereocenters. The number of hydrogen-bond acceptors (Lipinski definition) is 7. The second-order valence-corrected chi connectivity index (χ2v) is 6.04. The van der Waals surface area contributed by atoms with E-state index in [-0.39, 0.29) is 37.5 Å². The molecule has 0 amide bonds. The highest BCUT2D eigenvalue weighted by atomic mass is 31.2. The first-order valence-corrected chi connectivity index (χ1v) is 8.53. The molecule has 0 aliphatic rings. The molecule has 1 aromatic rings. The summed E-state index contributed by atoms with van der Waals surface area (Å²) in [5, 5.41) is 8.76. The summed E-state index contributed by atoms with van der Waals surface area (Å²) >= 11 is 0. The summed E-state index contributed by atoms with van der Waals surface area (Å²) in [6, 6.07) is 3.08. The summed E-state index contributed by atoms with van der Waals surface area (Å²) in [4.78, 5) is 12.1. The smallest absolute Gasteiger partial charge is 0.368 e. The third-order valence-corrected chi connectivity index (χ3v) is 4.59. The first-order chi connectivity index (χ1) is 10.5. The normalized spacial score (nSPS) is 12.5. The first-order valence-electron chi connectivity index (χ1n) is 6.98. The highest BCUT2D eigenvalue weighted by Gasteiger charge is 2.36. The molecule has 124 valence electrons. The number of aliphatic hydroxyl groups excluding tert-OH is 1. The van der Waals surface area contributed by atoms with Gasteiger partial charge in [0.1, 0.15) is 18.1 Å². The molecule has 22 heavy (non-hydrogen) atoms. The first kappa shape index (κ1) is 18.6. The van der Waals surface area contributed by atoms with Gasteiger partial charge in [-0.2, -0.15) is 0 Å². The molecule has 1 rings (SSSR count). The van der Waals surface area contributed by atoms with Crippen molar-refractivity contribution < 1.29 is 32.7 Å². The second kappa shape index (κ2) is 8.90. The number of rotatable bonds is 9. The zero-order valence-corrected chi connectivity index (χ0v) is 13.8. The Morgan fingerprint density at radius 3 is 2.32 bits per heavy atom. The SMILES string of the molecule is CCOC(=O)/C(=C/c1ccc(CO)o1)P(=O)(OCC)OCC. The summed E-state index contributed by atoms with van der Waals surface area (Å²) in [6.07, 6.45) is 1.25. The van der Waals surface area contributed by atoms with Crippen LogP contribution in [0.25, 0.3) is 6.08 Å². The van der Waals surface area contributed by atoms with Crippen LogP contribution in [0.1, 0.15) is 32.3 Å². The number of carbonyl (C=O) groups excluding carboxylic acids is 1. The molecule has 0 bridgehead atoms. The van der Waals surface area contributed by atoms with E-state index in [0.29, 0.717) is 5.76 Å². The minimum Gasteiger partial charge on any atom is -0.462 e. The Morgan fingerprint density at radius 2 is 1.86 bits per heavy atom. The van der Waals surface area contributed by atoms with E-state index in [1.165, 1.54) is 12.1 Å². The molecule has 0 spiro atoms. The number of aliphatic hydroxyl groups is 1. The molecule has 7 nitrogen and oxygen atoms in total. The minimum absolute atomic E-state index is 0.105. The van der Waals surface area contributed by atoms with Gasteiger partial charge in [-0.1, -0.05) is 0 Å². The van der Waals surface area contributed by atoms with Crippen LogP contribution in [0.4, 0.5) is 0 Å². The molecular formula is C14H21O7P. The Labute approximate surface area is 129 Å². The van der Waals surface area contributed by atoms with Gasteiger partial charge in [-0.15, -0.1) is 0 Å². The second-order valence-electron chi connectivity index (χ2n) is 4.05. The number of ether oxygens (including phenoxy) is 1. The zero-order valence-electron chi connectivity index (χ0n) is 12.9. The van der Waals surface area contributed by atoms with Gasteiger partial charge < -0.3 is 23.3 Å². The fraction of sp³-hybridized carbons (Fsp3) is 0.500. The molecule has 0 saturated heterocycles. The van der Waals surface area contributed by atoms with Gasteiger partial charge in [0.2, 0.25) is 0 Å². The van der Waals surface area contributed by atoms with E-state index in [2.05, 4.69) is 0 Å². The Morgan fingerprint density at radius 1 is 1.23 bits per heavy atom. The van der Waals surface area contributed by atoms with Gasteiger partial charge in [0.25, 0.3) is 0 Å². The predicted molar refractivity (Wildman–Crippen MR) is 80.1 cm³/mol. The molecule has 1 aromatic heterocycles. The van der Waals surface area contributed by atoms with Crippen molar-refractivity contribution in [2.45, 2.75) is 27.4 Å². The summed E-state index contributed by atoms with van der Waals surface area (Å²) in [5.41, 5.74) is 0. The highest BCUT2D eigenvalue weighted by Crippen LogP contribution is 2.57. The molecule has 8 heteroatoms. The Kier molecular flexibility index (Phi) is 7.55. The lowest BCUT2D eigenvalue weighted by atomic mass is 10.4. The lowest BCUT2D eigenvalue weighted by molar-refractivity contribution is -0.137. The van der Waals surface area contributed by atoms with Crippen LogP contribution in [0.15, 0.2) is 21.9 Å². The van der Waals surface area contributed by atoms with Crippen molar-refractivity contribution in [3.8, 4) is 0 Å². The van der Waals surface area contributed by atoms with Gasteiger partial charge in [-0.3, -0.25) is 4.57 Å². The molecule has 0 aliphatic heterocycles. The lowest BCUT2D eigenvalue weighted by Crippen LogP contribution is -2.11. The fourth-order valence-electron chi connectivity index (χ4n) is 1.66. The molecule has 1 heterocycles. The van der Waals surface area contributed by atoms with Crippen LogP contribution in [0.3, 0.4) is 0 Å². The molecule has 0 fully saturated rings. The Balaban J connectivity index is 3.26. The van der Waals surface area contributed by atoms with E-state index in [9.17, 15) is 9.36 Å². The molecule has 0 aromatic carbocycles. The summed E-state index contributed by atoms with van der Waals surface area (Å²) in [7, 11) is -3.82. The summed E-state index contributed by atoms with van der Waals surface area (Å²) in [6.45, 7) is 4.97. The van der Waals surface area contributed by atoms with E-state index in [4.69, 9.17) is 23.3 Å². The predicted octanol–water partition coefficient (Wildman–Crippen LogP) is 2.94. The Hall–Kier alpha value is -1.40. The average molecular weight is 332 g/mol. The van der Waals surface area contributed by atoms with Crippen molar-refractivity contribution in [2.75, 3.05) is 19.8 Å². The lowest BCUT2D eigenvalue weighted by Gasteiger charge is -2.18. The van der Waals surface area contributed by atoms with Crippen LogP contribution in [0.5, 0.6) is 0 Å². The van der Waals surface area contributed by atoms with Crippen LogP contribution < -0.4 is 0 Å². The number of furan rings is 1. The van der Waals surface area contributed by atoms with Crippen molar-refractivity contribution in [1.29, 1.82) is 0 Å². The van der Waals surface area contributed by atoms with Crippen LogP contribution >= 0.6 is 7.60 Å².